The molecule has 47 heavy (non-hydrogen) atoms. The molecule has 0 spiro atoms. The summed E-state index contributed by atoms with van der Waals surface area (Å²) in [4.78, 5) is 36.0. The minimum atomic E-state index is -0.316. The van der Waals surface area contributed by atoms with Crippen molar-refractivity contribution in [2.45, 2.75) is 196 Å². The summed E-state index contributed by atoms with van der Waals surface area (Å²) in [5, 5.41) is 0. The Kier molecular flexibility index (Phi) is 12.6. The highest BCUT2D eigenvalue weighted by molar-refractivity contribution is 5.77. The topological polar surface area (TPSA) is 78.9 Å². The van der Waals surface area contributed by atoms with E-state index in [9.17, 15) is 14.4 Å². The predicted molar refractivity (Wildman–Crippen MR) is 188 cm³/mol. The normalized spacial score (nSPS) is 32.9. The van der Waals surface area contributed by atoms with E-state index >= 15 is 0 Å². The third kappa shape index (κ3) is 9.77. The molecule has 7 saturated carbocycles. The first-order valence-corrected chi connectivity index (χ1v) is 19.7. The SMILES string of the molecule is CCC(C)(C)C(=O)OC12CC3CC(CC(C3)C1)C2.CCC(C)(C)C(=O)OC1CC2CCC1C2.CCC(C)(C)C(=O)OC1CCCCC1. The van der Waals surface area contributed by atoms with Gasteiger partial charge >= 0.3 is 17.9 Å². The van der Waals surface area contributed by atoms with Gasteiger partial charge in [-0.3, -0.25) is 14.4 Å². The Bertz CT molecular complexity index is 1030. The number of esters is 3. The van der Waals surface area contributed by atoms with E-state index in [0.717, 1.165) is 81.5 Å². The van der Waals surface area contributed by atoms with E-state index in [2.05, 4.69) is 6.92 Å². The summed E-state index contributed by atoms with van der Waals surface area (Å²) in [5.74, 6) is 4.06. The molecular formula is C41H70O6. The molecular weight excluding hydrogens is 588 g/mol. The lowest BCUT2D eigenvalue weighted by molar-refractivity contribution is -0.196. The second-order valence-corrected chi connectivity index (χ2v) is 18.5. The van der Waals surface area contributed by atoms with E-state index in [-0.39, 0.29) is 52.0 Å². The largest absolute Gasteiger partial charge is 0.462 e. The van der Waals surface area contributed by atoms with Crippen LogP contribution in [0.2, 0.25) is 0 Å². The van der Waals surface area contributed by atoms with E-state index < -0.39 is 0 Å². The van der Waals surface area contributed by atoms with Crippen LogP contribution in [0.15, 0.2) is 0 Å². The molecule has 6 heteroatoms. The molecule has 0 aliphatic heterocycles. The Morgan fingerprint density at radius 2 is 1.02 bits per heavy atom. The first-order chi connectivity index (χ1) is 22.0. The Balaban J connectivity index is 0.000000161. The quantitative estimate of drug-likeness (QED) is 0.181. The van der Waals surface area contributed by atoms with Gasteiger partial charge in [-0.15, -0.1) is 0 Å². The zero-order valence-electron chi connectivity index (χ0n) is 31.7. The van der Waals surface area contributed by atoms with Crippen LogP contribution in [-0.2, 0) is 28.6 Å². The molecule has 0 N–H and O–H groups in total. The zero-order valence-corrected chi connectivity index (χ0v) is 31.7. The average Bonchev–Trinajstić information content (AvgIpc) is 3.65. The van der Waals surface area contributed by atoms with Gasteiger partial charge in [-0.25, -0.2) is 0 Å². The molecule has 6 bridgehead atoms. The molecule has 7 aliphatic carbocycles. The highest BCUT2D eigenvalue weighted by Crippen LogP contribution is 2.57. The van der Waals surface area contributed by atoms with Gasteiger partial charge in [0.1, 0.15) is 17.8 Å². The molecule has 0 aromatic heterocycles. The molecule has 7 fully saturated rings. The molecule has 270 valence electrons. The van der Waals surface area contributed by atoms with E-state index in [1.807, 2.05) is 55.4 Å². The summed E-state index contributed by atoms with van der Waals surface area (Å²) in [6, 6.07) is 0. The van der Waals surface area contributed by atoms with Crippen LogP contribution in [0.3, 0.4) is 0 Å². The van der Waals surface area contributed by atoms with Crippen molar-refractivity contribution in [2.24, 2.45) is 45.8 Å². The van der Waals surface area contributed by atoms with Crippen molar-refractivity contribution < 1.29 is 28.6 Å². The number of fused-ring (bicyclic) bond motifs is 2. The maximum atomic E-state index is 12.4. The number of ether oxygens (including phenoxy) is 3. The van der Waals surface area contributed by atoms with Crippen LogP contribution < -0.4 is 0 Å². The number of rotatable bonds is 9. The number of carbonyl (C=O) groups excluding carboxylic acids is 3. The first kappa shape index (κ1) is 38.2. The number of hydrogen-bond donors (Lipinski definition) is 0. The van der Waals surface area contributed by atoms with Crippen LogP contribution in [0.5, 0.6) is 0 Å². The monoisotopic (exact) mass is 659 g/mol. The van der Waals surface area contributed by atoms with Gasteiger partial charge in [0.25, 0.3) is 0 Å². The molecule has 0 aromatic rings. The number of hydrogen-bond acceptors (Lipinski definition) is 6. The molecule has 3 unspecified atom stereocenters. The fourth-order valence-electron chi connectivity index (χ4n) is 9.05. The van der Waals surface area contributed by atoms with E-state index in [1.54, 1.807) is 0 Å². The van der Waals surface area contributed by atoms with Crippen LogP contribution >= 0.6 is 0 Å². The first-order valence-electron chi connectivity index (χ1n) is 19.7. The third-order valence-corrected chi connectivity index (χ3v) is 13.4. The van der Waals surface area contributed by atoms with Gasteiger partial charge in [0, 0.05) is 0 Å². The molecule has 0 radical (unpaired) electrons. The maximum absolute atomic E-state index is 12.4. The third-order valence-electron chi connectivity index (χ3n) is 13.4. The van der Waals surface area contributed by atoms with Gasteiger partial charge in [-0.2, -0.15) is 0 Å². The summed E-state index contributed by atoms with van der Waals surface area (Å²) in [5.41, 5.74) is -0.999. The standard InChI is InChI=1S/C16H26O2.C13H22O2.C12H22O2/c1-4-15(2,3)14(17)18-16-8-11-5-12(9-16)7-13(6-11)10-16;1-4-13(2,3)12(14)15-11-8-9-5-6-10(11)7-9;1-4-12(2,3)11(13)14-10-8-6-5-7-9-10/h11-13H,4-10H2,1-3H3;9-11H,4-8H2,1-3H3;10H,4-9H2,1-3H3. The summed E-state index contributed by atoms with van der Waals surface area (Å²) >= 11 is 0. The lowest BCUT2D eigenvalue weighted by Gasteiger charge is -2.56. The predicted octanol–water partition coefficient (Wildman–Crippen LogP) is 10.4. The van der Waals surface area contributed by atoms with Gasteiger partial charge in [-0.1, -0.05) is 27.2 Å². The van der Waals surface area contributed by atoms with E-state index in [1.165, 1.54) is 57.8 Å². The van der Waals surface area contributed by atoms with Crippen LogP contribution in [0.1, 0.15) is 178 Å². The second kappa shape index (κ2) is 15.5. The highest BCUT2D eigenvalue weighted by atomic mass is 16.6. The van der Waals surface area contributed by atoms with Gasteiger partial charge in [-0.05, 0) is 180 Å². The van der Waals surface area contributed by atoms with Crippen molar-refractivity contribution in [3.63, 3.8) is 0 Å². The summed E-state index contributed by atoms with van der Waals surface area (Å²) in [6.45, 7) is 18.0. The second-order valence-electron chi connectivity index (χ2n) is 18.5. The van der Waals surface area contributed by atoms with Crippen LogP contribution in [0.25, 0.3) is 0 Å². The number of carbonyl (C=O) groups is 3. The van der Waals surface area contributed by atoms with E-state index in [4.69, 9.17) is 14.2 Å². The maximum Gasteiger partial charge on any atom is 0.312 e. The van der Waals surface area contributed by atoms with Crippen molar-refractivity contribution in [3.8, 4) is 0 Å². The van der Waals surface area contributed by atoms with Crippen LogP contribution in [0.4, 0.5) is 0 Å². The summed E-state index contributed by atoms with van der Waals surface area (Å²) < 4.78 is 17.2. The summed E-state index contributed by atoms with van der Waals surface area (Å²) in [7, 11) is 0. The van der Waals surface area contributed by atoms with Crippen molar-refractivity contribution >= 4 is 17.9 Å². The Labute approximate surface area is 287 Å². The minimum Gasteiger partial charge on any atom is -0.462 e. The average molecular weight is 659 g/mol. The molecule has 7 aliphatic rings. The minimum absolute atomic E-state index is 0.00236. The lowest BCUT2D eigenvalue weighted by Crippen LogP contribution is -2.53. The van der Waals surface area contributed by atoms with Crippen LogP contribution in [0, 0.1) is 45.8 Å². The van der Waals surface area contributed by atoms with Crippen molar-refractivity contribution in [3.05, 3.63) is 0 Å². The smallest absolute Gasteiger partial charge is 0.312 e. The zero-order chi connectivity index (χ0) is 34.6. The molecule has 0 aromatic carbocycles. The lowest BCUT2D eigenvalue weighted by atomic mass is 9.54. The van der Waals surface area contributed by atoms with Crippen molar-refractivity contribution in [1.82, 2.24) is 0 Å². The molecule has 0 saturated heterocycles. The molecule has 6 nitrogen and oxygen atoms in total. The van der Waals surface area contributed by atoms with Crippen molar-refractivity contribution in [1.29, 1.82) is 0 Å². The van der Waals surface area contributed by atoms with Crippen molar-refractivity contribution in [2.75, 3.05) is 0 Å². The molecule has 3 atom stereocenters. The molecule has 7 rings (SSSR count). The highest BCUT2D eigenvalue weighted by Gasteiger charge is 2.54. The fraction of sp³-hybridized carbons (Fsp3) is 0.927. The molecule has 0 heterocycles. The fourth-order valence-corrected chi connectivity index (χ4v) is 9.05. The van der Waals surface area contributed by atoms with E-state index in [0.29, 0.717) is 5.92 Å². The van der Waals surface area contributed by atoms with Crippen LogP contribution in [-0.4, -0.2) is 35.7 Å². The van der Waals surface area contributed by atoms with Gasteiger partial charge in [0.15, 0.2) is 0 Å². The Morgan fingerprint density at radius 1 is 0.553 bits per heavy atom. The Hall–Kier alpha value is -1.59. The Morgan fingerprint density at radius 3 is 1.45 bits per heavy atom. The van der Waals surface area contributed by atoms with Gasteiger partial charge in [0.05, 0.1) is 16.2 Å². The summed E-state index contributed by atoms with van der Waals surface area (Å²) in [6.07, 6.45) is 21.5. The van der Waals surface area contributed by atoms with Gasteiger partial charge < -0.3 is 14.2 Å². The molecule has 0 amide bonds. The van der Waals surface area contributed by atoms with Gasteiger partial charge in [0.2, 0.25) is 0 Å².